The summed E-state index contributed by atoms with van der Waals surface area (Å²) in [5.74, 6) is 3.50. The van der Waals surface area contributed by atoms with E-state index < -0.39 is 60.4 Å². The summed E-state index contributed by atoms with van der Waals surface area (Å²) < 4.78 is 107. The first-order valence-electron chi connectivity index (χ1n) is 30.8. The fourth-order valence-corrected chi connectivity index (χ4v) is 11.5. The molecule has 0 amide bonds. The van der Waals surface area contributed by atoms with Gasteiger partial charge in [0.05, 0.1) is 47.1 Å². The van der Waals surface area contributed by atoms with Gasteiger partial charge < -0.3 is 14.4 Å². The van der Waals surface area contributed by atoms with Crippen LogP contribution in [-0.4, -0.2) is 20.8 Å². The lowest BCUT2D eigenvalue weighted by Crippen LogP contribution is -2.59. The maximum atomic E-state index is 9.11. The second-order valence-corrected chi connectivity index (χ2v) is 20.6. The van der Waals surface area contributed by atoms with Gasteiger partial charge in [-0.15, -0.1) is 0 Å². The van der Waals surface area contributed by atoms with Crippen LogP contribution in [0.4, 0.5) is 17.1 Å². The molecule has 3 aromatic heterocycles. The number of anilines is 3. The van der Waals surface area contributed by atoms with E-state index in [2.05, 4.69) is 128 Å². The van der Waals surface area contributed by atoms with Crippen molar-refractivity contribution in [2.24, 2.45) is 0 Å². The molecule has 0 N–H and O–H groups in total. The van der Waals surface area contributed by atoms with Crippen LogP contribution in [0.1, 0.15) is 40.0 Å². The van der Waals surface area contributed by atoms with Gasteiger partial charge in [-0.3, -0.25) is 13.7 Å². The Labute approximate surface area is 467 Å². The van der Waals surface area contributed by atoms with E-state index in [9.17, 15) is 0 Å². The molecule has 370 valence electrons. The van der Waals surface area contributed by atoms with Crippen LogP contribution in [0.3, 0.4) is 0 Å². The van der Waals surface area contributed by atoms with E-state index in [0.717, 1.165) is 72.7 Å². The van der Waals surface area contributed by atoms with Gasteiger partial charge in [-0.1, -0.05) is 172 Å². The SMILES string of the molecule is [2H]c1c([2H])c([2H])c(-c2cccc(-c3c([2H])c([2H])c([2H])c([2H])c3[2H])c2-[n+]2[c-]n(-c3cccc(Oc4ccc5c6cc(N7c8ccccc8B8c9ccccc9Oc9cccc7c98)ccc6n(-c6cc(C(C)(C)C)ccn6)c5c4)c3)c3ccccc32)c([2H])c1[2H]. The first-order valence-corrected chi connectivity index (χ1v) is 25.8. The smallest absolute Gasteiger partial charge is 0.269 e. The zero-order valence-electron chi connectivity index (χ0n) is 52.5. The highest BCUT2D eigenvalue weighted by Crippen LogP contribution is 2.44. The van der Waals surface area contributed by atoms with Crippen molar-refractivity contribution >= 4 is 73.0 Å². The number of hydrogen-bond donors (Lipinski definition) is 0. The minimum atomic E-state index is -0.573. The zero-order chi connectivity index (χ0) is 60.8. The summed E-state index contributed by atoms with van der Waals surface area (Å²) in [5.41, 5.74) is 11.4. The monoisotopic (exact) mass is 1010 g/mol. The van der Waals surface area contributed by atoms with Gasteiger partial charge in [0.25, 0.3) is 13.0 Å². The van der Waals surface area contributed by atoms with Crippen molar-refractivity contribution in [3.05, 3.63) is 261 Å². The fourth-order valence-electron chi connectivity index (χ4n) is 11.5. The van der Waals surface area contributed by atoms with E-state index in [1.807, 2.05) is 79.0 Å². The number of ether oxygens (including phenoxy) is 2. The molecular formula is C70H50BN5O2. The summed E-state index contributed by atoms with van der Waals surface area (Å²) in [6.45, 7) is 6.56. The Morgan fingerprint density at radius 3 is 2.06 bits per heavy atom. The molecule has 0 spiro atoms. The average Bonchev–Trinajstić information content (AvgIpc) is 1.16. The predicted octanol–water partition coefficient (Wildman–Crippen LogP) is 15.0. The minimum Gasteiger partial charge on any atom is -0.458 e. The normalized spacial score (nSPS) is 14.4. The van der Waals surface area contributed by atoms with Gasteiger partial charge in [0.2, 0.25) is 0 Å². The van der Waals surface area contributed by atoms with Gasteiger partial charge in [-0.2, -0.15) is 0 Å². The quantitative estimate of drug-likeness (QED) is 0.0864. The minimum absolute atomic E-state index is 0.0101. The Balaban J connectivity index is 0.870. The number of benzene rings is 10. The number of rotatable bonds is 8. The van der Waals surface area contributed by atoms with Crippen LogP contribution in [0.25, 0.3) is 72.3 Å². The van der Waals surface area contributed by atoms with E-state index in [-0.39, 0.29) is 40.1 Å². The van der Waals surface area contributed by atoms with Crippen LogP contribution in [0.5, 0.6) is 23.0 Å². The van der Waals surface area contributed by atoms with E-state index in [0.29, 0.717) is 28.2 Å². The topological polar surface area (TPSA) is 48.3 Å². The Kier molecular flexibility index (Phi) is 8.27. The molecule has 2 aliphatic rings. The number of imidazole rings is 1. The molecule has 2 aliphatic heterocycles. The fraction of sp³-hybridized carbons (Fsp3) is 0.0571. The van der Waals surface area contributed by atoms with Crippen LogP contribution in [0.15, 0.2) is 249 Å². The van der Waals surface area contributed by atoms with Crippen LogP contribution < -0.4 is 35.3 Å². The lowest BCUT2D eigenvalue weighted by atomic mass is 9.34. The second kappa shape index (κ2) is 17.9. The molecule has 0 radical (unpaired) electrons. The summed E-state index contributed by atoms with van der Waals surface area (Å²) >= 11 is 0. The largest absolute Gasteiger partial charge is 0.458 e. The standard InChI is InChI=1S/C70H50BN5O2/c1-70(2,3)48-39-40-72-67(41-48)76-59-38-35-50(75-60-29-12-10-27-57(60)71-58-28-11-15-33-65(58)78-66-34-18-32-63(75)68(66)71)43-56(59)55-37-36-52(44-64(55)76)77-51-24-16-23-49(42-51)73-45-74(62-31-14-13-30-61(62)73)69-53(46-19-6-4-7-20-46)25-17-26-54(69)47-21-8-5-9-22-47/h4-44H,1-3H3/i4D,5D,6D,7D,8D,9D,19D,20D,21D,22D. The maximum Gasteiger partial charge on any atom is 0.269 e. The molecule has 13 aromatic rings. The summed E-state index contributed by atoms with van der Waals surface area (Å²) in [6, 6.07) is 54.6. The summed E-state index contributed by atoms with van der Waals surface area (Å²) in [7, 11) is 0. The average molecular weight is 1010 g/mol. The second-order valence-electron chi connectivity index (χ2n) is 20.6. The maximum absolute atomic E-state index is 9.11. The Hall–Kier alpha value is -9.92. The van der Waals surface area contributed by atoms with Crippen molar-refractivity contribution in [2.75, 3.05) is 4.90 Å². The molecule has 0 saturated heterocycles. The van der Waals surface area contributed by atoms with Crippen molar-refractivity contribution in [3.8, 4) is 62.4 Å². The van der Waals surface area contributed by atoms with Crippen LogP contribution >= 0.6 is 0 Å². The first-order chi connectivity index (χ1) is 42.5. The third kappa shape index (κ3) is 7.36. The number of aromatic nitrogens is 4. The van der Waals surface area contributed by atoms with Crippen molar-refractivity contribution < 1.29 is 27.7 Å². The summed E-state index contributed by atoms with van der Waals surface area (Å²) in [5, 5.41) is 2.00. The van der Waals surface area contributed by atoms with E-state index in [1.165, 1.54) is 5.46 Å². The highest BCUT2D eigenvalue weighted by Gasteiger charge is 2.41. The summed E-state index contributed by atoms with van der Waals surface area (Å²) in [6.07, 6.45) is 5.34. The lowest BCUT2D eigenvalue weighted by molar-refractivity contribution is -0.571. The summed E-state index contributed by atoms with van der Waals surface area (Å²) in [4.78, 5) is 7.36. The highest BCUT2D eigenvalue weighted by molar-refractivity contribution is 6.99. The van der Waals surface area contributed by atoms with E-state index in [4.69, 9.17) is 28.2 Å². The molecule has 8 heteroatoms. The van der Waals surface area contributed by atoms with E-state index in [1.54, 1.807) is 27.3 Å². The van der Waals surface area contributed by atoms with Crippen molar-refractivity contribution in [1.29, 1.82) is 0 Å². The molecule has 0 atom stereocenters. The predicted molar refractivity (Wildman–Crippen MR) is 318 cm³/mol. The molecular weight excluding hydrogens is 954 g/mol. The number of pyridine rings is 1. The van der Waals surface area contributed by atoms with Gasteiger partial charge in [0.15, 0.2) is 0 Å². The lowest BCUT2D eigenvalue weighted by Gasteiger charge is -2.39. The Morgan fingerprint density at radius 2 is 1.26 bits per heavy atom. The molecule has 0 fully saturated rings. The van der Waals surface area contributed by atoms with Crippen molar-refractivity contribution in [3.63, 3.8) is 0 Å². The molecule has 5 heterocycles. The Bertz CT molecular complexity index is 5010. The van der Waals surface area contributed by atoms with Crippen molar-refractivity contribution in [2.45, 2.75) is 26.2 Å². The van der Waals surface area contributed by atoms with Gasteiger partial charge in [0.1, 0.15) is 28.8 Å². The molecule has 78 heavy (non-hydrogen) atoms. The van der Waals surface area contributed by atoms with Crippen LogP contribution in [0, 0.1) is 6.33 Å². The molecule has 0 unspecified atom stereocenters. The number of para-hydroxylation sites is 5. The van der Waals surface area contributed by atoms with Gasteiger partial charge >= 0.3 is 0 Å². The molecule has 15 rings (SSSR count). The highest BCUT2D eigenvalue weighted by atomic mass is 16.5. The molecule has 10 aromatic carbocycles. The molecule has 0 aliphatic carbocycles. The van der Waals surface area contributed by atoms with Gasteiger partial charge in [-0.25, -0.2) is 4.98 Å². The third-order valence-electron chi connectivity index (χ3n) is 15.0. The number of fused-ring (bicyclic) bond motifs is 8. The van der Waals surface area contributed by atoms with Gasteiger partial charge in [-0.05, 0) is 135 Å². The zero-order valence-corrected chi connectivity index (χ0v) is 42.5. The van der Waals surface area contributed by atoms with Crippen molar-refractivity contribution in [1.82, 2.24) is 14.1 Å². The van der Waals surface area contributed by atoms with Gasteiger partial charge in [0, 0.05) is 40.1 Å². The van der Waals surface area contributed by atoms with Crippen LogP contribution in [0.2, 0.25) is 0 Å². The number of nitrogens with zero attached hydrogens (tertiary/aromatic N) is 5. The Morgan fingerprint density at radius 1 is 0.564 bits per heavy atom. The third-order valence-corrected chi connectivity index (χ3v) is 15.0. The molecule has 7 nitrogen and oxygen atoms in total. The van der Waals surface area contributed by atoms with E-state index >= 15 is 0 Å². The molecule has 0 saturated carbocycles. The first kappa shape index (κ1) is 36.1. The number of hydrogen-bond acceptors (Lipinski definition) is 4. The van der Waals surface area contributed by atoms with Crippen LogP contribution in [-0.2, 0) is 5.41 Å². The molecule has 0 bridgehead atoms.